The van der Waals surface area contributed by atoms with Gasteiger partial charge in [-0.2, -0.15) is 13.2 Å². The first-order valence-corrected chi connectivity index (χ1v) is 9.31. The fourth-order valence-corrected chi connectivity index (χ4v) is 3.26. The highest BCUT2D eigenvalue weighted by Gasteiger charge is 2.31. The Balaban J connectivity index is 1.93. The lowest BCUT2D eigenvalue weighted by molar-refractivity contribution is -0.137. The molecule has 0 unspecified atom stereocenters. The Hall–Kier alpha value is -2.24. The van der Waals surface area contributed by atoms with Crippen LogP contribution in [0.2, 0.25) is 0 Å². The van der Waals surface area contributed by atoms with Crippen molar-refractivity contribution in [2.75, 3.05) is 5.32 Å². The summed E-state index contributed by atoms with van der Waals surface area (Å²) < 4.78 is 61.2. The average Bonchev–Trinajstić information content (AvgIpc) is 2.54. The molecule has 11 heteroatoms. The number of sulfonamides is 1. The summed E-state index contributed by atoms with van der Waals surface area (Å²) in [5.41, 5.74) is -0.0174. The van der Waals surface area contributed by atoms with Crippen LogP contribution in [0.5, 0.6) is 0 Å². The lowest BCUT2D eigenvalue weighted by Crippen LogP contribution is -2.11. The Kier molecular flexibility index (Phi) is 4.63. The zero-order valence-corrected chi connectivity index (χ0v) is 15.2. The molecule has 136 valence electrons. The lowest BCUT2D eigenvalue weighted by Gasteiger charge is -2.10. The molecular formula is C15H10BrF3N4O2S. The summed E-state index contributed by atoms with van der Waals surface area (Å²) in [5, 5.41) is 8.09. The lowest BCUT2D eigenvalue weighted by atomic mass is 10.1. The Labute approximate surface area is 154 Å². The number of benzene rings is 2. The quantitative estimate of drug-likeness (QED) is 0.637. The van der Waals surface area contributed by atoms with Gasteiger partial charge in [-0.15, -0.1) is 0 Å². The number of nitrogens with zero attached hydrogens (tertiary/aromatic N) is 2. The van der Waals surface area contributed by atoms with Gasteiger partial charge in [0.25, 0.3) is 0 Å². The molecule has 0 aliphatic carbocycles. The fraction of sp³-hybridized carbons (Fsp3) is 0.0667. The number of aromatic nitrogens is 2. The van der Waals surface area contributed by atoms with Crippen LogP contribution in [0.1, 0.15) is 5.56 Å². The highest BCUT2D eigenvalue weighted by atomic mass is 79.9. The number of rotatable bonds is 3. The molecule has 2 aromatic carbocycles. The molecule has 0 aliphatic heterocycles. The predicted octanol–water partition coefficient (Wildman–Crippen LogP) is 3.80. The summed E-state index contributed by atoms with van der Waals surface area (Å²) in [7, 11) is -3.80. The normalized spacial score (nSPS) is 12.3. The van der Waals surface area contributed by atoms with Gasteiger partial charge in [0, 0.05) is 21.7 Å². The zero-order valence-electron chi connectivity index (χ0n) is 12.7. The van der Waals surface area contributed by atoms with Crippen molar-refractivity contribution in [1.82, 2.24) is 9.97 Å². The summed E-state index contributed by atoms with van der Waals surface area (Å²) in [6, 6.07) is 7.46. The van der Waals surface area contributed by atoms with E-state index in [1.165, 1.54) is 30.5 Å². The van der Waals surface area contributed by atoms with Crippen LogP contribution < -0.4 is 10.5 Å². The summed E-state index contributed by atoms with van der Waals surface area (Å²) in [4.78, 5) is 8.12. The van der Waals surface area contributed by atoms with E-state index in [4.69, 9.17) is 5.14 Å². The van der Waals surface area contributed by atoms with E-state index in [2.05, 4.69) is 31.2 Å². The maximum atomic E-state index is 12.9. The largest absolute Gasteiger partial charge is 0.416 e. The van der Waals surface area contributed by atoms with Crippen molar-refractivity contribution in [2.24, 2.45) is 5.14 Å². The molecule has 26 heavy (non-hydrogen) atoms. The predicted molar refractivity (Wildman–Crippen MR) is 93.3 cm³/mol. The van der Waals surface area contributed by atoms with E-state index < -0.39 is 21.8 Å². The van der Waals surface area contributed by atoms with E-state index in [9.17, 15) is 21.6 Å². The van der Waals surface area contributed by atoms with Crippen molar-refractivity contribution >= 4 is 48.5 Å². The number of halogens is 4. The van der Waals surface area contributed by atoms with Gasteiger partial charge in [0.1, 0.15) is 0 Å². The molecule has 0 bridgehead atoms. The highest BCUT2D eigenvalue weighted by molar-refractivity contribution is 9.10. The number of alkyl halides is 3. The monoisotopic (exact) mass is 446 g/mol. The maximum Gasteiger partial charge on any atom is 0.416 e. The number of hydrogen-bond acceptors (Lipinski definition) is 5. The molecule has 0 radical (unpaired) electrons. The third-order valence-electron chi connectivity index (χ3n) is 3.40. The first-order chi connectivity index (χ1) is 12.0. The van der Waals surface area contributed by atoms with Crippen LogP contribution in [-0.4, -0.2) is 18.4 Å². The van der Waals surface area contributed by atoms with Gasteiger partial charge in [0.05, 0.1) is 16.0 Å². The van der Waals surface area contributed by atoms with Gasteiger partial charge in [-0.05, 0) is 52.3 Å². The van der Waals surface area contributed by atoms with Gasteiger partial charge in [-0.1, -0.05) is 0 Å². The summed E-state index contributed by atoms with van der Waals surface area (Å²) >= 11 is 3.09. The van der Waals surface area contributed by atoms with Crippen molar-refractivity contribution in [3.8, 4) is 0 Å². The first kappa shape index (κ1) is 18.5. The van der Waals surface area contributed by atoms with Gasteiger partial charge in [0.15, 0.2) is 0 Å². The Morgan fingerprint density at radius 3 is 2.35 bits per heavy atom. The van der Waals surface area contributed by atoms with Crippen molar-refractivity contribution in [3.05, 3.63) is 52.6 Å². The average molecular weight is 447 g/mol. The van der Waals surface area contributed by atoms with Crippen LogP contribution in [0, 0.1) is 0 Å². The van der Waals surface area contributed by atoms with Crippen LogP contribution in [0.15, 0.2) is 52.0 Å². The molecule has 3 rings (SSSR count). The van der Waals surface area contributed by atoms with E-state index in [1.54, 1.807) is 0 Å². The van der Waals surface area contributed by atoms with Gasteiger partial charge in [-0.25, -0.2) is 23.5 Å². The van der Waals surface area contributed by atoms with Crippen LogP contribution >= 0.6 is 15.9 Å². The van der Waals surface area contributed by atoms with Crippen LogP contribution in [0.3, 0.4) is 0 Å². The van der Waals surface area contributed by atoms with Crippen molar-refractivity contribution in [1.29, 1.82) is 0 Å². The number of primary sulfonamides is 1. The van der Waals surface area contributed by atoms with Crippen LogP contribution in [0.25, 0.3) is 10.9 Å². The molecule has 0 saturated heterocycles. The maximum absolute atomic E-state index is 12.9. The molecule has 0 atom stereocenters. The summed E-state index contributed by atoms with van der Waals surface area (Å²) in [6.07, 6.45) is -3.21. The van der Waals surface area contributed by atoms with E-state index in [0.29, 0.717) is 11.2 Å². The Morgan fingerprint density at radius 1 is 1.12 bits per heavy atom. The van der Waals surface area contributed by atoms with Crippen molar-refractivity contribution < 1.29 is 21.6 Å². The highest BCUT2D eigenvalue weighted by Crippen LogP contribution is 2.34. The summed E-state index contributed by atoms with van der Waals surface area (Å²) in [5.74, 6) is 0.140. The molecule has 1 aromatic heterocycles. The third kappa shape index (κ3) is 3.94. The number of nitrogens with one attached hydrogen (secondary N) is 1. The molecule has 1 heterocycles. The van der Waals surface area contributed by atoms with Gasteiger partial charge in [0.2, 0.25) is 16.0 Å². The summed E-state index contributed by atoms with van der Waals surface area (Å²) in [6.45, 7) is 0. The smallest absolute Gasteiger partial charge is 0.324 e. The second-order valence-electron chi connectivity index (χ2n) is 5.28. The number of hydrogen-bond donors (Lipinski definition) is 2. The SMILES string of the molecule is NS(=O)(=O)c1ccc(Nc2ncc3cc(C(F)(F)F)cc(Br)c3n2)cc1. The number of nitrogens with two attached hydrogens (primary N) is 1. The minimum Gasteiger partial charge on any atom is -0.324 e. The second kappa shape index (κ2) is 6.49. The third-order valence-corrected chi connectivity index (χ3v) is 4.94. The van der Waals surface area contributed by atoms with E-state index in [1.807, 2.05) is 0 Å². The van der Waals surface area contributed by atoms with Crippen molar-refractivity contribution in [3.63, 3.8) is 0 Å². The molecule has 3 aromatic rings. The Morgan fingerprint density at radius 2 is 1.77 bits per heavy atom. The van der Waals surface area contributed by atoms with E-state index in [-0.39, 0.29) is 20.7 Å². The van der Waals surface area contributed by atoms with Gasteiger partial charge >= 0.3 is 6.18 Å². The minimum atomic E-state index is -4.47. The molecule has 0 spiro atoms. The van der Waals surface area contributed by atoms with Crippen molar-refractivity contribution in [2.45, 2.75) is 11.1 Å². The minimum absolute atomic E-state index is 0.0510. The molecule has 0 aliphatic rings. The Bertz CT molecular complexity index is 1090. The zero-order chi connectivity index (χ0) is 19.1. The molecule has 0 fully saturated rings. The molecule has 3 N–H and O–H groups in total. The van der Waals surface area contributed by atoms with E-state index >= 15 is 0 Å². The molecule has 0 saturated carbocycles. The topological polar surface area (TPSA) is 98.0 Å². The number of fused-ring (bicyclic) bond motifs is 1. The number of anilines is 2. The first-order valence-electron chi connectivity index (χ1n) is 6.97. The second-order valence-corrected chi connectivity index (χ2v) is 7.70. The van der Waals surface area contributed by atoms with E-state index in [0.717, 1.165) is 12.1 Å². The standard InChI is InChI=1S/C15H10BrF3N4O2S/c16-12-6-9(15(17,18)19)5-8-7-21-14(23-13(8)12)22-10-1-3-11(4-2-10)26(20,24)25/h1-7H,(H2,20,24,25)(H,21,22,23). The molecular weight excluding hydrogens is 437 g/mol. The molecule has 6 nitrogen and oxygen atoms in total. The van der Waals surface area contributed by atoms with Gasteiger partial charge in [-0.3, -0.25) is 0 Å². The molecule has 0 amide bonds. The van der Waals surface area contributed by atoms with Gasteiger partial charge < -0.3 is 5.32 Å². The van der Waals surface area contributed by atoms with Crippen LogP contribution in [-0.2, 0) is 16.2 Å². The van der Waals surface area contributed by atoms with Crippen LogP contribution in [0.4, 0.5) is 24.8 Å². The fourth-order valence-electron chi connectivity index (χ4n) is 2.18.